The second kappa shape index (κ2) is 6.25. The van der Waals surface area contributed by atoms with Gasteiger partial charge in [-0.15, -0.1) is 0 Å². The van der Waals surface area contributed by atoms with Gasteiger partial charge >= 0.3 is 0 Å². The Hall–Kier alpha value is -1.39. The van der Waals surface area contributed by atoms with E-state index in [1.165, 1.54) is 54.8 Å². The molecule has 0 bridgehead atoms. The van der Waals surface area contributed by atoms with Crippen molar-refractivity contribution in [1.82, 2.24) is 19.4 Å². The molecule has 2 aliphatic rings. The van der Waals surface area contributed by atoms with Crippen molar-refractivity contribution in [3.05, 3.63) is 29.6 Å². The van der Waals surface area contributed by atoms with Crippen LogP contribution in [0.4, 0.5) is 0 Å². The number of aromatic nitrogens is 2. The van der Waals surface area contributed by atoms with E-state index in [1.807, 2.05) is 0 Å². The van der Waals surface area contributed by atoms with Gasteiger partial charge in [-0.2, -0.15) is 0 Å². The molecule has 1 aliphatic heterocycles. The minimum Gasteiger partial charge on any atom is -0.327 e. The van der Waals surface area contributed by atoms with Crippen molar-refractivity contribution in [3.8, 4) is 0 Å². The fourth-order valence-corrected chi connectivity index (χ4v) is 3.87. The lowest BCUT2D eigenvalue weighted by Crippen LogP contribution is -2.41. The maximum atomic E-state index is 4.96. The minimum absolute atomic E-state index is 0.850. The molecule has 23 heavy (non-hydrogen) atoms. The number of hydrogen-bond acceptors (Lipinski definition) is 3. The van der Waals surface area contributed by atoms with Crippen LogP contribution in [0.15, 0.2) is 18.2 Å². The molecule has 2 aromatic rings. The van der Waals surface area contributed by atoms with Gasteiger partial charge in [0.15, 0.2) is 0 Å². The quantitative estimate of drug-likeness (QED) is 0.867. The summed E-state index contributed by atoms with van der Waals surface area (Å²) in [7, 11) is 4.26. The van der Waals surface area contributed by atoms with Gasteiger partial charge in [0.05, 0.1) is 11.0 Å². The van der Waals surface area contributed by atoms with E-state index < -0.39 is 0 Å². The molecule has 1 aromatic heterocycles. The molecule has 0 spiro atoms. The van der Waals surface area contributed by atoms with Gasteiger partial charge in [-0.25, -0.2) is 4.98 Å². The molecule has 2 heterocycles. The third kappa shape index (κ3) is 3.02. The molecule has 0 N–H and O–H groups in total. The molecule has 1 aromatic carbocycles. The summed E-state index contributed by atoms with van der Waals surface area (Å²) in [6, 6.07) is 7.72. The molecule has 0 unspecified atom stereocenters. The smallest absolute Gasteiger partial charge is 0.111 e. The number of likely N-dealkylation sites (N-methyl/N-ethyl adjacent to an activating group) is 1. The lowest BCUT2D eigenvalue weighted by molar-refractivity contribution is 0.130. The van der Waals surface area contributed by atoms with Crippen LogP contribution < -0.4 is 0 Å². The fraction of sp³-hybridized carbons (Fsp3) is 0.632. The average Bonchev–Trinajstić information content (AvgIpc) is 2.70. The Bertz CT molecular complexity index is 684. The van der Waals surface area contributed by atoms with E-state index in [0.717, 1.165) is 32.0 Å². The maximum Gasteiger partial charge on any atom is 0.111 e. The van der Waals surface area contributed by atoms with Crippen LogP contribution in [-0.2, 0) is 19.4 Å². The summed E-state index contributed by atoms with van der Waals surface area (Å²) in [5.41, 5.74) is 3.91. The molecule has 1 aliphatic carbocycles. The molecule has 1 fully saturated rings. The minimum atomic E-state index is 0.850. The lowest BCUT2D eigenvalue weighted by atomic mass is 9.91. The van der Waals surface area contributed by atoms with E-state index in [4.69, 9.17) is 4.98 Å². The average molecular weight is 312 g/mol. The zero-order valence-electron chi connectivity index (χ0n) is 14.5. The summed E-state index contributed by atoms with van der Waals surface area (Å²) < 4.78 is 2.46. The first-order chi connectivity index (χ1) is 11.2. The number of nitrogens with zero attached hydrogens (tertiary/aromatic N) is 4. The van der Waals surface area contributed by atoms with Crippen molar-refractivity contribution in [2.45, 2.75) is 44.7 Å². The van der Waals surface area contributed by atoms with Gasteiger partial charge in [0.2, 0.25) is 0 Å². The zero-order valence-corrected chi connectivity index (χ0v) is 14.5. The molecule has 4 heteroatoms. The predicted octanol–water partition coefficient (Wildman–Crippen LogP) is 2.55. The number of fused-ring (bicyclic) bond motifs is 3. The van der Waals surface area contributed by atoms with E-state index >= 15 is 0 Å². The zero-order chi connectivity index (χ0) is 15.8. The highest BCUT2D eigenvalue weighted by molar-refractivity contribution is 5.77. The first kappa shape index (κ1) is 15.2. The molecule has 4 nitrogen and oxygen atoms in total. The highest BCUT2D eigenvalue weighted by Gasteiger charge is 2.27. The number of rotatable bonds is 4. The molecule has 1 saturated carbocycles. The molecular formula is C19H28N4. The van der Waals surface area contributed by atoms with Gasteiger partial charge in [0.1, 0.15) is 5.82 Å². The van der Waals surface area contributed by atoms with Gasteiger partial charge < -0.3 is 9.47 Å². The van der Waals surface area contributed by atoms with Crippen LogP contribution in [0.25, 0.3) is 11.0 Å². The van der Waals surface area contributed by atoms with Crippen molar-refractivity contribution < 1.29 is 0 Å². The molecule has 0 saturated heterocycles. The molecule has 0 radical (unpaired) electrons. The first-order valence-corrected chi connectivity index (χ1v) is 9.07. The molecule has 0 amide bonds. The Morgan fingerprint density at radius 2 is 2.04 bits per heavy atom. The van der Waals surface area contributed by atoms with Crippen LogP contribution in [0, 0.1) is 0 Å². The Balaban J connectivity index is 1.54. The van der Waals surface area contributed by atoms with Gasteiger partial charge in [-0.3, -0.25) is 4.90 Å². The van der Waals surface area contributed by atoms with Crippen molar-refractivity contribution in [3.63, 3.8) is 0 Å². The summed E-state index contributed by atoms with van der Waals surface area (Å²) in [6.07, 6.45) is 6.42. The van der Waals surface area contributed by atoms with Crippen LogP contribution in [-0.4, -0.2) is 59.1 Å². The summed E-state index contributed by atoms with van der Waals surface area (Å²) in [5.74, 6) is 1.28. The summed E-state index contributed by atoms with van der Waals surface area (Å²) in [6.45, 7) is 4.56. The molecule has 0 atom stereocenters. The van der Waals surface area contributed by atoms with Gasteiger partial charge in [-0.05, 0) is 51.1 Å². The third-order valence-corrected chi connectivity index (χ3v) is 5.56. The summed E-state index contributed by atoms with van der Waals surface area (Å²) in [5, 5.41) is 0. The van der Waals surface area contributed by atoms with Crippen LogP contribution in [0.1, 0.15) is 30.7 Å². The largest absolute Gasteiger partial charge is 0.327 e. The standard InChI is InChI=1S/C19H28N4/c1-21(2)10-8-15-6-7-18-17(14-15)20-19-9-11-22(12-13-23(18)19)16-4-3-5-16/h6-7,14,16H,3-5,8-13H2,1-2H3. The van der Waals surface area contributed by atoms with Crippen molar-refractivity contribution in [2.24, 2.45) is 0 Å². The van der Waals surface area contributed by atoms with Crippen LogP contribution in [0.2, 0.25) is 0 Å². The monoisotopic (exact) mass is 312 g/mol. The predicted molar refractivity (Wildman–Crippen MR) is 94.9 cm³/mol. The Kier molecular flexibility index (Phi) is 4.12. The van der Waals surface area contributed by atoms with Crippen LogP contribution >= 0.6 is 0 Å². The highest BCUT2D eigenvalue weighted by Crippen LogP contribution is 2.27. The van der Waals surface area contributed by atoms with E-state index in [-0.39, 0.29) is 0 Å². The first-order valence-electron chi connectivity index (χ1n) is 9.07. The Labute approximate surface area is 139 Å². The van der Waals surface area contributed by atoms with Crippen LogP contribution in [0.5, 0.6) is 0 Å². The normalized spacial score (nSPS) is 19.8. The lowest BCUT2D eigenvalue weighted by Gasteiger charge is -2.36. The maximum absolute atomic E-state index is 4.96. The molecule has 4 rings (SSSR count). The second-order valence-corrected chi connectivity index (χ2v) is 7.43. The second-order valence-electron chi connectivity index (χ2n) is 7.43. The van der Waals surface area contributed by atoms with Crippen molar-refractivity contribution >= 4 is 11.0 Å². The fourth-order valence-electron chi connectivity index (χ4n) is 3.87. The van der Waals surface area contributed by atoms with Gasteiger partial charge in [0, 0.05) is 38.6 Å². The Morgan fingerprint density at radius 1 is 1.17 bits per heavy atom. The topological polar surface area (TPSA) is 24.3 Å². The van der Waals surface area contributed by atoms with Gasteiger partial charge in [0.25, 0.3) is 0 Å². The van der Waals surface area contributed by atoms with Crippen molar-refractivity contribution in [2.75, 3.05) is 33.7 Å². The van der Waals surface area contributed by atoms with E-state index in [1.54, 1.807) is 0 Å². The van der Waals surface area contributed by atoms with Gasteiger partial charge in [-0.1, -0.05) is 12.5 Å². The SMILES string of the molecule is CN(C)CCc1ccc2c(c1)nc1n2CCN(C2CCC2)CC1. The molecule has 124 valence electrons. The highest BCUT2D eigenvalue weighted by atomic mass is 15.2. The number of benzene rings is 1. The van der Waals surface area contributed by atoms with E-state index in [2.05, 4.69) is 46.7 Å². The van der Waals surface area contributed by atoms with Crippen LogP contribution in [0.3, 0.4) is 0 Å². The summed E-state index contributed by atoms with van der Waals surface area (Å²) in [4.78, 5) is 9.89. The number of hydrogen-bond donors (Lipinski definition) is 0. The van der Waals surface area contributed by atoms with E-state index in [0.29, 0.717) is 0 Å². The number of imidazole rings is 1. The van der Waals surface area contributed by atoms with E-state index in [9.17, 15) is 0 Å². The third-order valence-electron chi connectivity index (χ3n) is 5.56. The van der Waals surface area contributed by atoms with Crippen molar-refractivity contribution in [1.29, 1.82) is 0 Å². The molecular weight excluding hydrogens is 284 g/mol. The Morgan fingerprint density at radius 3 is 2.78 bits per heavy atom. The summed E-state index contributed by atoms with van der Waals surface area (Å²) >= 11 is 0.